The second kappa shape index (κ2) is 3.58. The van der Waals surface area contributed by atoms with Gasteiger partial charge in [-0.15, -0.1) is 13.2 Å². The van der Waals surface area contributed by atoms with Gasteiger partial charge in [-0.3, -0.25) is 0 Å². The predicted octanol–water partition coefficient (Wildman–Crippen LogP) is 2.38. The lowest BCUT2D eigenvalue weighted by atomic mass is 9.84. The van der Waals surface area contributed by atoms with E-state index in [1.54, 1.807) is 0 Å². The molecule has 1 saturated carbocycles. The van der Waals surface area contributed by atoms with Crippen LogP contribution in [0.4, 0.5) is 8.78 Å². The second-order valence-corrected chi connectivity index (χ2v) is 3.45. The highest BCUT2D eigenvalue weighted by molar-refractivity contribution is 5.11. The molecule has 0 aliphatic heterocycles. The molecule has 1 aliphatic carbocycles. The highest BCUT2D eigenvalue weighted by Gasteiger charge is 2.52. The summed E-state index contributed by atoms with van der Waals surface area (Å²) >= 11 is 0. The summed E-state index contributed by atoms with van der Waals surface area (Å²) in [6.07, 6.45) is 1.20. The Morgan fingerprint density at radius 3 is 1.85 bits per heavy atom. The Balaban J connectivity index is 2.96. The van der Waals surface area contributed by atoms with E-state index < -0.39 is 23.9 Å². The molecule has 0 heterocycles. The molecule has 0 spiro atoms. The van der Waals surface area contributed by atoms with Gasteiger partial charge in [0.2, 0.25) is 0 Å². The van der Waals surface area contributed by atoms with Crippen molar-refractivity contribution >= 4 is 0 Å². The zero-order valence-corrected chi connectivity index (χ0v) is 7.42. The molecule has 1 aliphatic rings. The summed E-state index contributed by atoms with van der Waals surface area (Å²) in [5.74, 6) is -1.04. The van der Waals surface area contributed by atoms with E-state index in [1.807, 2.05) is 0 Å². The molecular formula is C10H14F2O. The first kappa shape index (κ1) is 10.4. The summed E-state index contributed by atoms with van der Waals surface area (Å²) in [6.45, 7) is 6.92. The summed E-state index contributed by atoms with van der Waals surface area (Å²) < 4.78 is 25.3. The summed E-state index contributed by atoms with van der Waals surface area (Å²) in [6, 6.07) is 0. The smallest absolute Gasteiger partial charge is 0.267 e. The molecule has 0 bridgehead atoms. The molecule has 13 heavy (non-hydrogen) atoms. The average molecular weight is 188 g/mol. The Morgan fingerprint density at radius 1 is 1.23 bits per heavy atom. The molecule has 74 valence electrons. The van der Waals surface area contributed by atoms with Gasteiger partial charge in [0.25, 0.3) is 6.43 Å². The van der Waals surface area contributed by atoms with Crippen molar-refractivity contribution in [2.45, 2.75) is 24.9 Å². The molecule has 3 heteroatoms. The van der Waals surface area contributed by atoms with Crippen molar-refractivity contribution in [1.29, 1.82) is 0 Å². The Labute approximate surface area is 76.8 Å². The molecule has 1 fully saturated rings. The van der Waals surface area contributed by atoms with Crippen LogP contribution in [0.3, 0.4) is 0 Å². The predicted molar refractivity (Wildman–Crippen MR) is 47.6 cm³/mol. The normalized spacial score (nSPS) is 32.0. The summed E-state index contributed by atoms with van der Waals surface area (Å²) in [4.78, 5) is 0. The van der Waals surface area contributed by atoms with Crippen LogP contribution in [-0.2, 0) is 0 Å². The van der Waals surface area contributed by atoms with Crippen LogP contribution in [0.1, 0.15) is 12.8 Å². The Morgan fingerprint density at radius 2 is 1.62 bits per heavy atom. The number of alkyl halides is 2. The van der Waals surface area contributed by atoms with Gasteiger partial charge in [0, 0.05) is 11.8 Å². The van der Waals surface area contributed by atoms with Gasteiger partial charge in [0.05, 0.1) is 0 Å². The lowest BCUT2D eigenvalue weighted by molar-refractivity contribution is -0.126. The third-order valence-corrected chi connectivity index (χ3v) is 2.90. The van der Waals surface area contributed by atoms with E-state index in [-0.39, 0.29) is 0 Å². The third-order valence-electron chi connectivity index (χ3n) is 2.90. The molecule has 0 aromatic rings. The summed E-state index contributed by atoms with van der Waals surface area (Å²) in [5, 5.41) is 9.80. The summed E-state index contributed by atoms with van der Waals surface area (Å²) in [7, 11) is 0. The third kappa shape index (κ3) is 1.41. The Kier molecular flexibility index (Phi) is 2.86. The minimum Gasteiger partial charge on any atom is -0.383 e. The number of hydrogen-bond donors (Lipinski definition) is 1. The van der Waals surface area contributed by atoms with Gasteiger partial charge in [-0.1, -0.05) is 12.2 Å². The van der Waals surface area contributed by atoms with E-state index in [4.69, 9.17) is 0 Å². The molecule has 2 atom stereocenters. The maximum atomic E-state index is 12.7. The van der Waals surface area contributed by atoms with Gasteiger partial charge in [-0.2, -0.15) is 0 Å². The highest BCUT2D eigenvalue weighted by Crippen LogP contribution is 2.45. The molecule has 1 nitrogen and oxygen atoms in total. The Hall–Kier alpha value is -0.700. The lowest BCUT2D eigenvalue weighted by Crippen LogP contribution is -2.45. The van der Waals surface area contributed by atoms with Gasteiger partial charge in [-0.25, -0.2) is 8.78 Å². The van der Waals surface area contributed by atoms with Crippen LogP contribution in [0.5, 0.6) is 0 Å². The monoisotopic (exact) mass is 188 g/mol. The quantitative estimate of drug-likeness (QED) is 0.674. The fourth-order valence-corrected chi connectivity index (χ4v) is 2.03. The molecule has 0 radical (unpaired) electrons. The van der Waals surface area contributed by atoms with Gasteiger partial charge in [0.1, 0.15) is 5.60 Å². The first-order valence-corrected chi connectivity index (χ1v) is 4.33. The zero-order chi connectivity index (χ0) is 10.1. The van der Waals surface area contributed by atoms with Crippen LogP contribution in [0.2, 0.25) is 0 Å². The standard InChI is InChI=1S/C10H14F2O/c1-3-7-5-6-8(4-2)10(7,13)9(11)12/h3-4,7-9,13H,1-2,5-6H2/t7-,8-/m0/s1. The van der Waals surface area contributed by atoms with Gasteiger partial charge in [0.15, 0.2) is 0 Å². The maximum absolute atomic E-state index is 12.7. The maximum Gasteiger partial charge on any atom is 0.267 e. The van der Waals surface area contributed by atoms with E-state index in [0.29, 0.717) is 12.8 Å². The van der Waals surface area contributed by atoms with Crippen molar-refractivity contribution in [3.8, 4) is 0 Å². The van der Waals surface area contributed by atoms with E-state index in [2.05, 4.69) is 13.2 Å². The zero-order valence-electron chi connectivity index (χ0n) is 7.42. The van der Waals surface area contributed by atoms with Gasteiger partial charge >= 0.3 is 0 Å². The first-order valence-electron chi connectivity index (χ1n) is 4.33. The fourth-order valence-electron chi connectivity index (χ4n) is 2.03. The van der Waals surface area contributed by atoms with Crippen molar-refractivity contribution in [3.05, 3.63) is 25.3 Å². The molecule has 0 amide bonds. The fraction of sp³-hybridized carbons (Fsp3) is 0.600. The van der Waals surface area contributed by atoms with Crippen LogP contribution in [-0.4, -0.2) is 17.1 Å². The SMILES string of the molecule is C=C[C@H]1CC[C@H](C=C)C1(O)C(F)F. The molecular weight excluding hydrogens is 174 g/mol. The highest BCUT2D eigenvalue weighted by atomic mass is 19.3. The minimum absolute atomic E-state index is 0.518. The average Bonchev–Trinajstić information content (AvgIpc) is 2.43. The van der Waals surface area contributed by atoms with E-state index in [9.17, 15) is 13.9 Å². The molecule has 1 rings (SSSR count). The largest absolute Gasteiger partial charge is 0.383 e. The number of rotatable bonds is 3. The van der Waals surface area contributed by atoms with Crippen LogP contribution in [0.25, 0.3) is 0 Å². The first-order chi connectivity index (χ1) is 6.07. The van der Waals surface area contributed by atoms with E-state index >= 15 is 0 Å². The molecule has 0 aromatic carbocycles. The molecule has 0 unspecified atom stereocenters. The molecule has 1 N–H and O–H groups in total. The van der Waals surface area contributed by atoms with Crippen LogP contribution < -0.4 is 0 Å². The van der Waals surface area contributed by atoms with Crippen molar-refractivity contribution in [2.24, 2.45) is 11.8 Å². The van der Waals surface area contributed by atoms with Crippen molar-refractivity contribution in [1.82, 2.24) is 0 Å². The van der Waals surface area contributed by atoms with Crippen molar-refractivity contribution in [3.63, 3.8) is 0 Å². The van der Waals surface area contributed by atoms with Crippen LogP contribution in [0.15, 0.2) is 25.3 Å². The lowest BCUT2D eigenvalue weighted by Gasteiger charge is -2.31. The topological polar surface area (TPSA) is 20.2 Å². The van der Waals surface area contributed by atoms with Gasteiger partial charge < -0.3 is 5.11 Å². The number of halogens is 2. The summed E-state index contributed by atoms with van der Waals surface area (Å²) in [5.41, 5.74) is -1.94. The van der Waals surface area contributed by atoms with Crippen molar-refractivity contribution < 1.29 is 13.9 Å². The van der Waals surface area contributed by atoms with Crippen LogP contribution in [0, 0.1) is 11.8 Å². The Bertz CT molecular complexity index is 197. The van der Waals surface area contributed by atoms with E-state index in [0.717, 1.165) is 0 Å². The van der Waals surface area contributed by atoms with Crippen molar-refractivity contribution in [2.75, 3.05) is 0 Å². The number of aliphatic hydroxyl groups is 1. The van der Waals surface area contributed by atoms with E-state index in [1.165, 1.54) is 12.2 Å². The molecule has 0 saturated heterocycles. The van der Waals surface area contributed by atoms with Gasteiger partial charge in [-0.05, 0) is 12.8 Å². The number of hydrogen-bond acceptors (Lipinski definition) is 1. The molecule has 0 aromatic heterocycles. The minimum atomic E-state index is -2.74. The second-order valence-electron chi connectivity index (χ2n) is 3.45. The van der Waals surface area contributed by atoms with Crippen LogP contribution >= 0.6 is 0 Å².